The Morgan fingerprint density at radius 3 is 2.47 bits per heavy atom. The van der Waals surface area contributed by atoms with E-state index in [9.17, 15) is 4.79 Å². The van der Waals surface area contributed by atoms with Crippen molar-refractivity contribution in [3.05, 3.63) is 53.9 Å². The van der Waals surface area contributed by atoms with Crippen LogP contribution in [0.25, 0.3) is 6.08 Å². The van der Waals surface area contributed by atoms with Crippen molar-refractivity contribution >= 4 is 17.5 Å². The summed E-state index contributed by atoms with van der Waals surface area (Å²) in [6.07, 6.45) is 6.93. The quantitative estimate of drug-likeness (QED) is 0.622. The van der Waals surface area contributed by atoms with E-state index >= 15 is 0 Å². The van der Waals surface area contributed by atoms with E-state index in [1.54, 1.807) is 23.0 Å². The topological polar surface area (TPSA) is 38.1 Å². The van der Waals surface area contributed by atoms with Crippen LogP contribution in [0.4, 0.5) is 5.69 Å². The normalized spacial score (nSPS) is 10.9. The van der Waals surface area contributed by atoms with Crippen LogP contribution in [0.5, 0.6) is 0 Å². The first kappa shape index (κ1) is 13.1. The average molecular weight is 255 g/mol. The van der Waals surface area contributed by atoms with Crippen LogP contribution in [-0.2, 0) is 7.05 Å². The molecule has 4 nitrogen and oxygen atoms in total. The van der Waals surface area contributed by atoms with Gasteiger partial charge in [0.25, 0.3) is 0 Å². The smallest absolute Gasteiger partial charge is 0.185 e. The summed E-state index contributed by atoms with van der Waals surface area (Å²) in [7, 11) is 5.79. The van der Waals surface area contributed by atoms with Gasteiger partial charge in [-0.2, -0.15) is 5.10 Å². The van der Waals surface area contributed by atoms with Gasteiger partial charge in [0, 0.05) is 44.2 Å². The number of aromatic nitrogens is 2. The zero-order chi connectivity index (χ0) is 13.8. The molecule has 0 fully saturated rings. The van der Waals surface area contributed by atoms with Crippen molar-refractivity contribution in [2.75, 3.05) is 19.0 Å². The maximum absolute atomic E-state index is 12.0. The lowest BCUT2D eigenvalue weighted by Crippen LogP contribution is -2.08. The lowest BCUT2D eigenvalue weighted by molar-refractivity contribution is 0.104. The minimum absolute atomic E-state index is 0.00541. The Hall–Kier alpha value is -2.36. The highest BCUT2D eigenvalue weighted by Gasteiger charge is 2.02. The third-order valence-electron chi connectivity index (χ3n) is 2.82. The number of benzene rings is 1. The molecule has 19 heavy (non-hydrogen) atoms. The number of hydrogen-bond donors (Lipinski definition) is 0. The largest absolute Gasteiger partial charge is 0.378 e. The van der Waals surface area contributed by atoms with Gasteiger partial charge < -0.3 is 4.90 Å². The maximum atomic E-state index is 12.0. The zero-order valence-electron chi connectivity index (χ0n) is 11.4. The van der Waals surface area contributed by atoms with E-state index < -0.39 is 0 Å². The fourth-order valence-electron chi connectivity index (χ4n) is 1.72. The molecule has 2 aromatic rings. The van der Waals surface area contributed by atoms with Gasteiger partial charge in [-0.15, -0.1) is 0 Å². The van der Waals surface area contributed by atoms with Gasteiger partial charge >= 0.3 is 0 Å². The summed E-state index contributed by atoms with van der Waals surface area (Å²) in [5, 5.41) is 4.05. The molecule has 0 spiro atoms. The number of hydrogen-bond acceptors (Lipinski definition) is 3. The monoisotopic (exact) mass is 255 g/mol. The maximum Gasteiger partial charge on any atom is 0.185 e. The molecule has 2 rings (SSSR count). The number of aryl methyl sites for hydroxylation is 1. The number of ketones is 1. The standard InChI is InChI=1S/C15H17N3O/c1-17(2)14-7-5-13(6-8-14)15(19)9-4-12-10-16-18(3)11-12/h4-11H,1-3H3/b9-4+. The highest BCUT2D eigenvalue weighted by molar-refractivity contribution is 6.06. The molecular formula is C15H17N3O. The summed E-state index contributed by atoms with van der Waals surface area (Å²) in [4.78, 5) is 14.0. The summed E-state index contributed by atoms with van der Waals surface area (Å²) in [5.41, 5.74) is 2.68. The predicted octanol–water partition coefficient (Wildman–Crippen LogP) is 2.38. The fraction of sp³-hybridized carbons (Fsp3) is 0.200. The van der Waals surface area contributed by atoms with Crippen molar-refractivity contribution in [1.82, 2.24) is 9.78 Å². The van der Waals surface area contributed by atoms with Gasteiger partial charge in [0.1, 0.15) is 0 Å². The molecule has 0 amide bonds. The van der Waals surface area contributed by atoms with Crippen LogP contribution >= 0.6 is 0 Å². The number of rotatable bonds is 4. The SMILES string of the molecule is CN(C)c1ccc(C(=O)/C=C/c2cnn(C)c2)cc1. The van der Waals surface area contributed by atoms with Gasteiger partial charge in [-0.1, -0.05) is 0 Å². The molecule has 0 saturated heterocycles. The second-order valence-corrected chi connectivity index (χ2v) is 4.59. The summed E-state index contributed by atoms with van der Waals surface area (Å²) in [6, 6.07) is 7.55. The summed E-state index contributed by atoms with van der Waals surface area (Å²) in [6.45, 7) is 0. The first-order valence-corrected chi connectivity index (χ1v) is 6.05. The van der Waals surface area contributed by atoms with E-state index in [1.165, 1.54) is 0 Å². The van der Waals surface area contributed by atoms with Crippen molar-refractivity contribution < 1.29 is 4.79 Å². The number of allylic oxidation sites excluding steroid dienone is 1. The van der Waals surface area contributed by atoms with E-state index in [0.717, 1.165) is 11.3 Å². The Morgan fingerprint density at radius 2 is 1.95 bits per heavy atom. The predicted molar refractivity (Wildman–Crippen MR) is 77.3 cm³/mol. The second kappa shape index (κ2) is 5.52. The van der Waals surface area contributed by atoms with E-state index in [2.05, 4.69) is 5.10 Å². The molecule has 0 radical (unpaired) electrons. The Kier molecular flexibility index (Phi) is 3.80. The third-order valence-corrected chi connectivity index (χ3v) is 2.82. The molecule has 1 aromatic carbocycles. The van der Waals surface area contributed by atoms with E-state index in [4.69, 9.17) is 0 Å². The third kappa shape index (κ3) is 3.31. The van der Waals surface area contributed by atoms with Crippen LogP contribution < -0.4 is 4.90 Å². The van der Waals surface area contributed by atoms with Crippen LogP contribution in [0, 0.1) is 0 Å². The minimum atomic E-state index is -0.00541. The van der Waals surface area contributed by atoms with Crippen molar-refractivity contribution in [2.24, 2.45) is 7.05 Å². The molecule has 0 atom stereocenters. The lowest BCUT2D eigenvalue weighted by Gasteiger charge is -2.11. The van der Waals surface area contributed by atoms with E-state index in [0.29, 0.717) is 5.56 Å². The number of carbonyl (C=O) groups excluding carboxylic acids is 1. The van der Waals surface area contributed by atoms with Gasteiger partial charge in [-0.3, -0.25) is 9.48 Å². The van der Waals surface area contributed by atoms with Crippen molar-refractivity contribution in [1.29, 1.82) is 0 Å². The summed E-state index contributed by atoms with van der Waals surface area (Å²) < 4.78 is 1.70. The van der Waals surface area contributed by atoms with Gasteiger partial charge in [0.2, 0.25) is 0 Å². The second-order valence-electron chi connectivity index (χ2n) is 4.59. The van der Waals surface area contributed by atoms with Crippen LogP contribution in [0.1, 0.15) is 15.9 Å². The van der Waals surface area contributed by atoms with Crippen molar-refractivity contribution in [2.45, 2.75) is 0 Å². The highest BCUT2D eigenvalue weighted by Crippen LogP contribution is 2.13. The molecule has 0 aliphatic heterocycles. The first-order chi connectivity index (χ1) is 9.06. The zero-order valence-corrected chi connectivity index (χ0v) is 11.4. The Labute approximate surface area is 113 Å². The van der Waals surface area contributed by atoms with Crippen LogP contribution in [0.15, 0.2) is 42.7 Å². The van der Waals surface area contributed by atoms with Gasteiger partial charge in [-0.25, -0.2) is 0 Å². The van der Waals surface area contributed by atoms with Crippen LogP contribution in [-0.4, -0.2) is 29.7 Å². The minimum Gasteiger partial charge on any atom is -0.378 e. The molecule has 4 heteroatoms. The summed E-state index contributed by atoms with van der Waals surface area (Å²) in [5.74, 6) is -0.00541. The fourth-order valence-corrected chi connectivity index (χ4v) is 1.72. The molecule has 0 aliphatic rings. The van der Waals surface area contributed by atoms with E-state index in [-0.39, 0.29) is 5.78 Å². The van der Waals surface area contributed by atoms with Crippen LogP contribution in [0.3, 0.4) is 0 Å². The summed E-state index contributed by atoms with van der Waals surface area (Å²) >= 11 is 0. The van der Waals surface area contributed by atoms with Gasteiger partial charge in [0.05, 0.1) is 6.20 Å². The molecule has 0 saturated carbocycles. The highest BCUT2D eigenvalue weighted by atomic mass is 16.1. The van der Waals surface area contributed by atoms with Crippen molar-refractivity contribution in [3.8, 4) is 0 Å². The Balaban J connectivity index is 2.09. The van der Waals surface area contributed by atoms with Crippen molar-refractivity contribution in [3.63, 3.8) is 0 Å². The van der Waals surface area contributed by atoms with Crippen LogP contribution in [0.2, 0.25) is 0 Å². The average Bonchev–Trinajstić information content (AvgIpc) is 2.82. The molecule has 1 aromatic heterocycles. The molecule has 0 unspecified atom stereocenters. The van der Waals surface area contributed by atoms with Gasteiger partial charge in [0.15, 0.2) is 5.78 Å². The Morgan fingerprint density at radius 1 is 1.26 bits per heavy atom. The Bertz CT molecular complexity index is 594. The molecule has 98 valence electrons. The molecule has 0 N–H and O–H groups in total. The molecular weight excluding hydrogens is 238 g/mol. The number of anilines is 1. The van der Waals surface area contributed by atoms with E-state index in [1.807, 2.05) is 56.5 Å². The van der Waals surface area contributed by atoms with Gasteiger partial charge in [-0.05, 0) is 36.4 Å². The number of carbonyl (C=O) groups is 1. The first-order valence-electron chi connectivity index (χ1n) is 6.05. The lowest BCUT2D eigenvalue weighted by atomic mass is 10.1. The molecule has 0 aliphatic carbocycles. The number of nitrogens with zero attached hydrogens (tertiary/aromatic N) is 3. The molecule has 0 bridgehead atoms. The molecule has 1 heterocycles.